The molecule has 0 aromatic carbocycles. The maximum absolute atomic E-state index is 11.4. The van der Waals surface area contributed by atoms with E-state index in [0.717, 1.165) is 19.3 Å². The highest BCUT2D eigenvalue weighted by atomic mass is 31.2. The predicted octanol–water partition coefficient (Wildman–Crippen LogP) is 3.56. The summed E-state index contributed by atoms with van der Waals surface area (Å²) >= 11 is 0. The van der Waals surface area contributed by atoms with E-state index in [9.17, 15) is 9.36 Å². The number of hydrogen-bond donors (Lipinski definition) is 2. The number of ether oxygens (including phenoxy) is 1. The molecule has 0 rings (SSSR count). The SMILES string of the molecule is CCCCCCCCCCOC(=O)CC(C)OP(=O)(O)O. The van der Waals surface area contributed by atoms with E-state index in [0.29, 0.717) is 6.61 Å². The summed E-state index contributed by atoms with van der Waals surface area (Å²) in [5.74, 6) is -0.487. The van der Waals surface area contributed by atoms with Gasteiger partial charge in [0.2, 0.25) is 0 Å². The van der Waals surface area contributed by atoms with Gasteiger partial charge in [0.15, 0.2) is 0 Å². The quantitative estimate of drug-likeness (QED) is 0.306. The van der Waals surface area contributed by atoms with Crippen LogP contribution in [0.5, 0.6) is 0 Å². The van der Waals surface area contributed by atoms with Crippen molar-refractivity contribution in [2.45, 2.75) is 77.7 Å². The second-order valence-electron chi connectivity index (χ2n) is 5.31. The molecule has 0 spiro atoms. The summed E-state index contributed by atoms with van der Waals surface area (Å²) in [6.45, 7) is 3.98. The second-order valence-corrected chi connectivity index (χ2v) is 6.50. The second kappa shape index (κ2) is 12.2. The Bertz CT molecular complexity index is 315. The molecule has 0 radical (unpaired) electrons. The van der Waals surface area contributed by atoms with Crippen LogP contribution in [0.1, 0.15) is 71.6 Å². The van der Waals surface area contributed by atoms with Crippen LogP contribution in [0.25, 0.3) is 0 Å². The lowest BCUT2D eigenvalue weighted by molar-refractivity contribution is -0.145. The summed E-state index contributed by atoms with van der Waals surface area (Å²) in [6.07, 6.45) is 8.35. The van der Waals surface area contributed by atoms with Gasteiger partial charge in [0.05, 0.1) is 19.1 Å². The molecule has 1 atom stereocenters. The predicted molar refractivity (Wildman–Crippen MR) is 80.8 cm³/mol. The largest absolute Gasteiger partial charge is 0.469 e. The molecule has 0 aliphatic rings. The fourth-order valence-corrected chi connectivity index (χ4v) is 2.53. The van der Waals surface area contributed by atoms with Crippen LogP contribution < -0.4 is 0 Å². The van der Waals surface area contributed by atoms with Crippen molar-refractivity contribution in [2.24, 2.45) is 0 Å². The molecule has 0 saturated heterocycles. The molecular weight excluding hydrogens is 295 g/mol. The highest BCUT2D eigenvalue weighted by molar-refractivity contribution is 7.46. The number of unbranched alkanes of at least 4 members (excludes halogenated alkanes) is 7. The van der Waals surface area contributed by atoms with Gasteiger partial charge in [-0.2, -0.15) is 0 Å². The summed E-state index contributed by atoms with van der Waals surface area (Å²) in [6, 6.07) is 0. The number of esters is 1. The Morgan fingerprint density at radius 3 is 2.10 bits per heavy atom. The molecule has 0 bridgehead atoms. The van der Waals surface area contributed by atoms with Gasteiger partial charge in [-0.05, 0) is 13.3 Å². The molecule has 0 fully saturated rings. The Morgan fingerprint density at radius 1 is 1.05 bits per heavy atom. The van der Waals surface area contributed by atoms with E-state index in [-0.39, 0.29) is 6.42 Å². The van der Waals surface area contributed by atoms with Crippen molar-refractivity contribution in [3.8, 4) is 0 Å². The Hall–Kier alpha value is -0.420. The molecule has 0 aromatic heterocycles. The van der Waals surface area contributed by atoms with Gasteiger partial charge >= 0.3 is 13.8 Å². The number of hydrogen-bond acceptors (Lipinski definition) is 4. The Labute approximate surface area is 127 Å². The molecule has 0 amide bonds. The first-order valence-electron chi connectivity index (χ1n) is 7.74. The summed E-state index contributed by atoms with van der Waals surface area (Å²) in [5, 5.41) is 0. The fraction of sp³-hybridized carbons (Fsp3) is 0.929. The lowest BCUT2D eigenvalue weighted by Gasteiger charge is -2.12. The van der Waals surface area contributed by atoms with Crippen LogP contribution in [0.15, 0.2) is 0 Å². The highest BCUT2D eigenvalue weighted by Crippen LogP contribution is 2.38. The van der Waals surface area contributed by atoms with Gasteiger partial charge in [-0.25, -0.2) is 4.57 Å². The highest BCUT2D eigenvalue weighted by Gasteiger charge is 2.21. The van der Waals surface area contributed by atoms with Gasteiger partial charge in [0.25, 0.3) is 0 Å². The Morgan fingerprint density at radius 2 is 1.57 bits per heavy atom. The summed E-state index contributed by atoms with van der Waals surface area (Å²) in [5.41, 5.74) is 0. The van der Waals surface area contributed by atoms with E-state index in [1.807, 2.05) is 0 Å². The van der Waals surface area contributed by atoms with E-state index >= 15 is 0 Å². The Balaban J connectivity index is 3.44. The van der Waals surface area contributed by atoms with Crippen LogP contribution in [-0.4, -0.2) is 28.5 Å². The minimum Gasteiger partial charge on any atom is -0.466 e. The molecule has 1 unspecified atom stereocenters. The normalized spacial score (nSPS) is 13.1. The van der Waals surface area contributed by atoms with E-state index in [2.05, 4.69) is 11.4 Å². The first kappa shape index (κ1) is 20.6. The Kier molecular flexibility index (Phi) is 11.9. The minimum absolute atomic E-state index is 0.151. The first-order valence-corrected chi connectivity index (χ1v) is 9.27. The van der Waals surface area contributed by atoms with Crippen molar-refractivity contribution in [2.75, 3.05) is 6.61 Å². The summed E-state index contributed by atoms with van der Waals surface area (Å²) in [7, 11) is -4.54. The number of rotatable bonds is 13. The smallest absolute Gasteiger partial charge is 0.466 e. The average molecular weight is 324 g/mol. The maximum Gasteiger partial charge on any atom is 0.469 e. The lowest BCUT2D eigenvalue weighted by Crippen LogP contribution is -2.15. The number of phosphoric acid groups is 1. The van der Waals surface area contributed by atoms with Crippen molar-refractivity contribution < 1.29 is 28.4 Å². The molecule has 6 nitrogen and oxygen atoms in total. The van der Waals surface area contributed by atoms with Crippen molar-refractivity contribution in [1.29, 1.82) is 0 Å². The maximum atomic E-state index is 11.4. The summed E-state index contributed by atoms with van der Waals surface area (Å²) < 4.78 is 19.9. The van der Waals surface area contributed by atoms with Gasteiger partial charge in [-0.3, -0.25) is 9.32 Å². The van der Waals surface area contributed by atoms with Gasteiger partial charge in [0.1, 0.15) is 0 Å². The van der Waals surface area contributed by atoms with Crippen LogP contribution in [0, 0.1) is 0 Å². The molecule has 0 aliphatic heterocycles. The van der Waals surface area contributed by atoms with Gasteiger partial charge in [-0.15, -0.1) is 0 Å². The van der Waals surface area contributed by atoms with Crippen LogP contribution >= 0.6 is 7.82 Å². The monoisotopic (exact) mass is 324 g/mol. The molecular formula is C14H29O6P. The molecule has 0 aromatic rings. The number of phosphoric ester groups is 1. The fourth-order valence-electron chi connectivity index (χ4n) is 1.99. The van der Waals surface area contributed by atoms with E-state index < -0.39 is 19.9 Å². The average Bonchev–Trinajstić information content (AvgIpc) is 2.34. The molecule has 0 heterocycles. The molecule has 0 saturated carbocycles. The van der Waals surface area contributed by atoms with Crippen LogP contribution in [0.3, 0.4) is 0 Å². The van der Waals surface area contributed by atoms with Crippen LogP contribution in [-0.2, 0) is 18.6 Å². The number of carbonyl (C=O) groups excluding carboxylic acids is 1. The zero-order valence-electron chi connectivity index (χ0n) is 13.1. The first-order chi connectivity index (χ1) is 9.85. The lowest BCUT2D eigenvalue weighted by atomic mass is 10.1. The van der Waals surface area contributed by atoms with Crippen molar-refractivity contribution in [3.05, 3.63) is 0 Å². The van der Waals surface area contributed by atoms with Crippen molar-refractivity contribution in [1.82, 2.24) is 0 Å². The third kappa shape index (κ3) is 15.8. The molecule has 0 aliphatic carbocycles. The molecule has 126 valence electrons. The minimum atomic E-state index is -4.54. The van der Waals surface area contributed by atoms with E-state index in [4.69, 9.17) is 14.5 Å². The van der Waals surface area contributed by atoms with E-state index in [1.165, 1.54) is 39.0 Å². The summed E-state index contributed by atoms with van der Waals surface area (Å²) in [4.78, 5) is 28.6. The van der Waals surface area contributed by atoms with Crippen molar-refractivity contribution >= 4 is 13.8 Å². The van der Waals surface area contributed by atoms with Gasteiger partial charge < -0.3 is 14.5 Å². The molecule has 7 heteroatoms. The zero-order valence-corrected chi connectivity index (χ0v) is 14.0. The van der Waals surface area contributed by atoms with Crippen molar-refractivity contribution in [3.63, 3.8) is 0 Å². The van der Waals surface area contributed by atoms with Gasteiger partial charge in [-0.1, -0.05) is 51.9 Å². The number of carbonyl (C=O) groups is 1. The van der Waals surface area contributed by atoms with Gasteiger partial charge in [0, 0.05) is 0 Å². The van der Waals surface area contributed by atoms with E-state index in [1.54, 1.807) is 0 Å². The van der Waals surface area contributed by atoms with Crippen LogP contribution in [0.4, 0.5) is 0 Å². The molecule has 21 heavy (non-hydrogen) atoms. The standard InChI is InChI=1S/C14H29O6P/c1-3-4-5-6-7-8-9-10-11-19-14(15)12-13(2)20-21(16,17)18/h13H,3-12H2,1-2H3,(H2,16,17,18). The van der Waals surface area contributed by atoms with Crippen LogP contribution in [0.2, 0.25) is 0 Å². The third-order valence-corrected chi connectivity index (χ3v) is 3.67. The molecule has 2 N–H and O–H groups in total. The zero-order chi connectivity index (χ0) is 16.1. The topological polar surface area (TPSA) is 93.1 Å². The third-order valence-electron chi connectivity index (χ3n) is 3.03.